The second-order valence-corrected chi connectivity index (χ2v) is 10.3. The number of rotatable bonds is 6. The molecule has 1 atom stereocenters. The maximum absolute atomic E-state index is 14.0. The van der Waals surface area contributed by atoms with Crippen LogP contribution in [0.15, 0.2) is 42.5 Å². The number of hydrogen-bond donors (Lipinski definition) is 2. The smallest absolute Gasteiger partial charge is 0.326 e. The Morgan fingerprint density at radius 2 is 1.69 bits per heavy atom. The van der Waals surface area contributed by atoms with Gasteiger partial charge in [0.15, 0.2) is 11.6 Å². The van der Waals surface area contributed by atoms with Gasteiger partial charge in [-0.05, 0) is 80.2 Å². The number of amides is 4. The Bertz CT molecular complexity index is 1080. The molecule has 0 unspecified atom stereocenters. The number of nitrogens with zero attached hydrogens (tertiary/aromatic N) is 2. The lowest BCUT2D eigenvalue weighted by molar-refractivity contribution is 0.0922. The molecule has 0 bridgehead atoms. The van der Waals surface area contributed by atoms with Gasteiger partial charge in [0.1, 0.15) is 5.82 Å². The zero-order valence-corrected chi connectivity index (χ0v) is 20.7. The third-order valence-corrected chi connectivity index (χ3v) is 7.25. The van der Waals surface area contributed by atoms with E-state index in [0.29, 0.717) is 31.0 Å². The summed E-state index contributed by atoms with van der Waals surface area (Å²) in [6.07, 6.45) is 2.70. The summed E-state index contributed by atoms with van der Waals surface area (Å²) >= 11 is 0. The fourth-order valence-corrected chi connectivity index (χ4v) is 5.25. The molecule has 0 aromatic heterocycles. The molecule has 2 aliphatic rings. The summed E-state index contributed by atoms with van der Waals surface area (Å²) in [6, 6.07) is 8.34. The molecule has 0 radical (unpaired) electrons. The minimum absolute atomic E-state index is 0.222. The number of halogens is 3. The lowest BCUT2D eigenvalue weighted by Crippen LogP contribution is -2.60. The number of carbonyl (C=O) groups excluding carboxylic acids is 2. The number of piperidine rings is 1. The highest BCUT2D eigenvalue weighted by atomic mass is 19.2. The van der Waals surface area contributed by atoms with Crippen LogP contribution in [0, 0.1) is 22.9 Å². The number of urea groups is 2. The number of likely N-dealkylation sites (tertiary alicyclic amines) is 1. The zero-order chi connectivity index (χ0) is 25.9. The van der Waals surface area contributed by atoms with E-state index in [9.17, 15) is 22.8 Å². The van der Waals surface area contributed by atoms with Crippen molar-refractivity contribution < 1.29 is 22.8 Å². The number of hydrogen-bond acceptors (Lipinski definition) is 3. The van der Waals surface area contributed by atoms with E-state index in [1.807, 2.05) is 26.0 Å². The maximum Gasteiger partial charge on any atom is 0.326 e. The first-order valence-corrected chi connectivity index (χ1v) is 12.4. The Morgan fingerprint density at radius 1 is 1.03 bits per heavy atom. The summed E-state index contributed by atoms with van der Waals surface area (Å²) < 4.78 is 40.6. The molecule has 9 heteroatoms. The second kappa shape index (κ2) is 10.9. The van der Waals surface area contributed by atoms with Crippen LogP contribution in [-0.2, 0) is 0 Å². The highest BCUT2D eigenvalue weighted by Gasteiger charge is 2.45. The standard InChI is InChI=1S/C27H33F3N4O2/c1-27(2)17-32-26(36)34(24(27)20-6-9-22(29)23(30)16-20)25(35)31-12-3-13-33-14-10-19(11-15-33)18-4-7-21(28)8-5-18/h4-9,16,19,24H,3,10-15,17H2,1-2H3,(H,31,35)(H,32,36)/t24-/m0/s1. The van der Waals surface area contributed by atoms with E-state index in [1.54, 1.807) is 0 Å². The SMILES string of the molecule is CC1(C)CNC(=O)N(C(=O)NCCCN2CCC(c3ccc(F)cc3)CC2)[C@H]1c1ccc(F)c(F)c1. The van der Waals surface area contributed by atoms with Crippen molar-refractivity contribution >= 4 is 12.1 Å². The average molecular weight is 503 g/mol. The van der Waals surface area contributed by atoms with Gasteiger partial charge >= 0.3 is 12.1 Å². The average Bonchev–Trinajstić information content (AvgIpc) is 2.85. The molecule has 2 heterocycles. The van der Waals surface area contributed by atoms with E-state index in [4.69, 9.17) is 0 Å². The first kappa shape index (κ1) is 26.0. The van der Waals surface area contributed by atoms with E-state index in [0.717, 1.165) is 49.5 Å². The molecule has 0 aliphatic carbocycles. The summed E-state index contributed by atoms with van der Waals surface area (Å²) in [5, 5.41) is 5.54. The second-order valence-electron chi connectivity index (χ2n) is 10.3. The highest BCUT2D eigenvalue weighted by Crippen LogP contribution is 2.41. The number of carbonyl (C=O) groups is 2. The molecule has 2 aliphatic heterocycles. The molecule has 2 saturated heterocycles. The van der Waals surface area contributed by atoms with Crippen LogP contribution in [0.3, 0.4) is 0 Å². The third kappa shape index (κ3) is 5.83. The van der Waals surface area contributed by atoms with Crippen LogP contribution in [0.2, 0.25) is 0 Å². The van der Waals surface area contributed by atoms with E-state index >= 15 is 0 Å². The predicted octanol–water partition coefficient (Wildman–Crippen LogP) is 5.18. The van der Waals surface area contributed by atoms with Crippen molar-refractivity contribution in [2.75, 3.05) is 32.7 Å². The van der Waals surface area contributed by atoms with Crippen LogP contribution < -0.4 is 10.6 Å². The molecule has 0 spiro atoms. The Labute approximate surface area is 209 Å². The van der Waals surface area contributed by atoms with Gasteiger partial charge in [0.25, 0.3) is 0 Å². The van der Waals surface area contributed by atoms with Gasteiger partial charge in [0, 0.05) is 18.5 Å². The van der Waals surface area contributed by atoms with Gasteiger partial charge in [-0.1, -0.05) is 32.0 Å². The van der Waals surface area contributed by atoms with Crippen LogP contribution in [-0.4, -0.2) is 54.6 Å². The van der Waals surface area contributed by atoms with Crippen LogP contribution in [0.1, 0.15) is 56.2 Å². The summed E-state index contributed by atoms with van der Waals surface area (Å²) in [4.78, 5) is 29.1. The van der Waals surface area contributed by atoms with Crippen molar-refractivity contribution in [3.63, 3.8) is 0 Å². The Morgan fingerprint density at radius 3 is 2.36 bits per heavy atom. The van der Waals surface area contributed by atoms with E-state index in [2.05, 4.69) is 15.5 Å². The van der Waals surface area contributed by atoms with Gasteiger partial charge in [-0.2, -0.15) is 0 Å². The lowest BCUT2D eigenvalue weighted by Gasteiger charge is -2.45. The molecule has 2 fully saturated rings. The van der Waals surface area contributed by atoms with Gasteiger partial charge in [-0.25, -0.2) is 27.7 Å². The summed E-state index contributed by atoms with van der Waals surface area (Å²) in [5.41, 5.74) is 0.944. The summed E-state index contributed by atoms with van der Waals surface area (Å²) in [5.74, 6) is -1.79. The Kier molecular flexibility index (Phi) is 7.88. The molecule has 4 amide bonds. The van der Waals surface area contributed by atoms with E-state index < -0.39 is 35.2 Å². The topological polar surface area (TPSA) is 64.7 Å². The first-order chi connectivity index (χ1) is 17.2. The van der Waals surface area contributed by atoms with Crippen molar-refractivity contribution in [2.45, 2.75) is 45.1 Å². The zero-order valence-electron chi connectivity index (χ0n) is 20.7. The molecule has 36 heavy (non-hydrogen) atoms. The molecule has 6 nitrogen and oxygen atoms in total. The van der Waals surface area contributed by atoms with Gasteiger partial charge in [-0.15, -0.1) is 0 Å². The number of nitrogens with one attached hydrogen (secondary N) is 2. The summed E-state index contributed by atoms with van der Waals surface area (Å²) in [6.45, 7) is 7.08. The Hall–Kier alpha value is -3.07. The molecule has 2 N–H and O–H groups in total. The molecule has 4 rings (SSSR count). The van der Waals surface area contributed by atoms with Crippen molar-refractivity contribution in [2.24, 2.45) is 5.41 Å². The van der Waals surface area contributed by atoms with Crippen LogP contribution >= 0.6 is 0 Å². The molecule has 194 valence electrons. The monoisotopic (exact) mass is 502 g/mol. The van der Waals surface area contributed by atoms with E-state index in [-0.39, 0.29) is 5.82 Å². The van der Waals surface area contributed by atoms with Gasteiger partial charge in [-0.3, -0.25) is 0 Å². The maximum atomic E-state index is 14.0. The Balaban J connectivity index is 1.30. The molecular formula is C27H33F3N4O2. The van der Waals surface area contributed by atoms with Gasteiger partial charge < -0.3 is 15.5 Å². The third-order valence-electron chi connectivity index (χ3n) is 7.25. The lowest BCUT2D eigenvalue weighted by atomic mass is 9.78. The molecule has 2 aromatic rings. The van der Waals surface area contributed by atoms with E-state index in [1.165, 1.54) is 23.8 Å². The fourth-order valence-electron chi connectivity index (χ4n) is 5.25. The number of imide groups is 1. The van der Waals surface area contributed by atoms with Gasteiger partial charge in [0.05, 0.1) is 6.04 Å². The van der Waals surface area contributed by atoms with Crippen LogP contribution in [0.4, 0.5) is 22.8 Å². The largest absolute Gasteiger partial charge is 0.338 e. The van der Waals surface area contributed by atoms with Crippen LogP contribution in [0.5, 0.6) is 0 Å². The summed E-state index contributed by atoms with van der Waals surface area (Å²) in [7, 11) is 0. The molecule has 0 saturated carbocycles. The van der Waals surface area contributed by atoms with Crippen molar-refractivity contribution in [3.05, 3.63) is 71.0 Å². The normalized spacial score (nSPS) is 20.8. The van der Waals surface area contributed by atoms with Crippen molar-refractivity contribution in [3.8, 4) is 0 Å². The quantitative estimate of drug-likeness (QED) is 0.536. The minimum atomic E-state index is -1.02. The highest BCUT2D eigenvalue weighted by molar-refractivity contribution is 5.94. The van der Waals surface area contributed by atoms with Crippen molar-refractivity contribution in [1.29, 1.82) is 0 Å². The predicted molar refractivity (Wildman–Crippen MR) is 131 cm³/mol. The number of benzene rings is 2. The molecular weight excluding hydrogens is 469 g/mol. The first-order valence-electron chi connectivity index (χ1n) is 12.4. The fraction of sp³-hybridized carbons (Fsp3) is 0.481. The van der Waals surface area contributed by atoms with Crippen molar-refractivity contribution in [1.82, 2.24) is 20.4 Å². The minimum Gasteiger partial charge on any atom is -0.338 e. The molecule has 2 aromatic carbocycles. The van der Waals surface area contributed by atoms with Crippen LogP contribution in [0.25, 0.3) is 0 Å². The van der Waals surface area contributed by atoms with Gasteiger partial charge in [0.2, 0.25) is 0 Å².